The average molecular weight is 274 g/mol. The Bertz CT molecular complexity index is 723. The number of likely N-dealkylation sites (tertiary alicyclic amines) is 1. The van der Waals surface area contributed by atoms with Crippen LogP contribution in [0.25, 0.3) is 0 Å². The molecule has 102 valence electrons. The van der Waals surface area contributed by atoms with Gasteiger partial charge in [-0.05, 0) is 50.1 Å². The van der Waals surface area contributed by atoms with Gasteiger partial charge in [0.25, 0.3) is 5.91 Å². The fraction of sp³-hybridized carbons (Fsp3) is 0.389. The highest BCUT2D eigenvalue weighted by atomic mass is 16.2. The van der Waals surface area contributed by atoms with Gasteiger partial charge in [-0.15, -0.1) is 0 Å². The van der Waals surface area contributed by atoms with E-state index in [2.05, 4.69) is 71.3 Å². The topological polar surface area (TPSA) is 23.3 Å². The first kappa shape index (κ1) is 14.6. The lowest BCUT2D eigenvalue weighted by atomic mass is 10.1. The minimum absolute atomic E-state index is 0.0311. The molecule has 0 bridgehead atoms. The first-order valence-corrected chi connectivity index (χ1v) is 6.76. The molecule has 3 nitrogen and oxygen atoms in total. The molecule has 0 N–H and O–H groups in total. The summed E-state index contributed by atoms with van der Waals surface area (Å²) in [5.74, 6) is 24.0. The molecule has 1 amide bonds. The minimum atomic E-state index is 0.0311. The Labute approximate surface area is 126 Å². The van der Waals surface area contributed by atoms with Gasteiger partial charge in [-0.25, -0.2) is 0 Å². The lowest BCUT2D eigenvalue weighted by Crippen LogP contribution is -2.23. The third kappa shape index (κ3) is 5.39. The third-order valence-electron chi connectivity index (χ3n) is 3.22. The van der Waals surface area contributed by atoms with Gasteiger partial charge in [0, 0.05) is 42.2 Å². The minimum Gasteiger partial charge on any atom is -0.302 e. The molecule has 2 heterocycles. The number of amides is 1. The second-order valence-electron chi connectivity index (χ2n) is 4.75. The van der Waals surface area contributed by atoms with Gasteiger partial charge in [0.1, 0.15) is 6.54 Å². The van der Waals surface area contributed by atoms with Crippen molar-refractivity contribution in [3.05, 3.63) is 0 Å². The summed E-state index contributed by atoms with van der Waals surface area (Å²) in [5, 5.41) is 0. The Hall–Kier alpha value is -2.77. The molecule has 0 aromatic heterocycles. The molecule has 0 aromatic rings. The molecule has 21 heavy (non-hydrogen) atoms. The predicted octanol–water partition coefficient (Wildman–Crippen LogP) is 0.287. The molecular formula is C18H14N2O. The SMILES string of the molecule is CN1CCCC1CC#CC#CC#CC#CC#CN1CC1=O. The molecule has 0 aliphatic carbocycles. The van der Waals surface area contributed by atoms with Crippen LogP contribution in [0, 0.1) is 59.3 Å². The van der Waals surface area contributed by atoms with Crippen molar-refractivity contribution < 1.29 is 4.79 Å². The molecule has 1 atom stereocenters. The molecule has 2 aliphatic heterocycles. The van der Waals surface area contributed by atoms with Crippen molar-refractivity contribution in [1.29, 1.82) is 0 Å². The quantitative estimate of drug-likeness (QED) is 0.507. The maximum Gasteiger partial charge on any atom is 0.255 e. The Morgan fingerprint density at radius 2 is 1.67 bits per heavy atom. The zero-order chi connectivity index (χ0) is 14.9. The van der Waals surface area contributed by atoms with Gasteiger partial charge in [0.05, 0.1) is 0 Å². The van der Waals surface area contributed by atoms with Crippen LogP contribution in [0.15, 0.2) is 0 Å². The normalized spacial score (nSPS) is 18.4. The molecule has 0 aromatic carbocycles. The zero-order valence-corrected chi connectivity index (χ0v) is 11.9. The monoisotopic (exact) mass is 274 g/mol. The lowest BCUT2D eigenvalue weighted by molar-refractivity contribution is -0.112. The van der Waals surface area contributed by atoms with E-state index < -0.39 is 0 Å². The van der Waals surface area contributed by atoms with Crippen LogP contribution < -0.4 is 0 Å². The first-order valence-electron chi connectivity index (χ1n) is 6.76. The Morgan fingerprint density at radius 1 is 1.05 bits per heavy atom. The summed E-state index contributed by atoms with van der Waals surface area (Å²) in [7, 11) is 2.13. The van der Waals surface area contributed by atoms with Crippen LogP contribution in [0.3, 0.4) is 0 Å². The molecule has 1 unspecified atom stereocenters. The van der Waals surface area contributed by atoms with E-state index in [0.717, 1.165) is 13.0 Å². The fourth-order valence-electron chi connectivity index (χ4n) is 1.93. The van der Waals surface area contributed by atoms with Crippen LogP contribution in [-0.2, 0) is 4.79 Å². The first-order chi connectivity index (χ1) is 10.3. The number of carbonyl (C=O) groups is 1. The van der Waals surface area contributed by atoms with E-state index in [1.807, 2.05) is 0 Å². The van der Waals surface area contributed by atoms with Crippen molar-refractivity contribution >= 4 is 5.91 Å². The van der Waals surface area contributed by atoms with E-state index in [1.165, 1.54) is 17.7 Å². The van der Waals surface area contributed by atoms with Crippen molar-refractivity contribution in [3.8, 4) is 59.3 Å². The van der Waals surface area contributed by atoms with E-state index in [4.69, 9.17) is 0 Å². The van der Waals surface area contributed by atoms with Gasteiger partial charge in [-0.1, -0.05) is 5.92 Å². The Morgan fingerprint density at radius 3 is 2.24 bits per heavy atom. The summed E-state index contributed by atoms with van der Waals surface area (Å²) in [6.07, 6.45) is 3.34. The standard InChI is InChI=1S/C18H14N2O/c1-19-14-11-13-17(19)12-9-7-5-3-2-4-6-8-10-15-20-16-18(20)21/h17H,11-14,16H2,1H3. The maximum atomic E-state index is 10.6. The maximum absolute atomic E-state index is 10.6. The molecule has 3 heteroatoms. The van der Waals surface area contributed by atoms with Gasteiger partial charge in [-0.2, -0.15) is 0 Å². The van der Waals surface area contributed by atoms with Crippen LogP contribution in [0.4, 0.5) is 0 Å². The molecule has 0 saturated carbocycles. The van der Waals surface area contributed by atoms with Crippen molar-refractivity contribution in [2.45, 2.75) is 25.3 Å². The van der Waals surface area contributed by atoms with Crippen molar-refractivity contribution in [3.63, 3.8) is 0 Å². The highest BCUT2D eigenvalue weighted by molar-refractivity contribution is 5.94. The number of nitrogens with zero attached hydrogens (tertiary/aromatic N) is 2. The summed E-state index contributed by atoms with van der Waals surface area (Å²) in [6, 6.07) is 3.16. The van der Waals surface area contributed by atoms with Gasteiger partial charge in [0.15, 0.2) is 0 Å². The zero-order valence-electron chi connectivity index (χ0n) is 11.9. The second kappa shape index (κ2) is 7.73. The van der Waals surface area contributed by atoms with E-state index in [1.54, 1.807) is 0 Å². The molecular weight excluding hydrogens is 260 g/mol. The number of hydrogen-bond donors (Lipinski definition) is 0. The number of hydrogen-bond acceptors (Lipinski definition) is 2. The van der Waals surface area contributed by atoms with Gasteiger partial charge in [0.2, 0.25) is 0 Å². The lowest BCUT2D eigenvalue weighted by Gasteiger charge is -2.15. The van der Waals surface area contributed by atoms with Crippen molar-refractivity contribution in [2.75, 3.05) is 20.1 Å². The molecule has 2 aliphatic rings. The third-order valence-corrected chi connectivity index (χ3v) is 3.22. The van der Waals surface area contributed by atoms with E-state index in [-0.39, 0.29) is 5.91 Å². The molecule has 0 spiro atoms. The highest BCUT2D eigenvalue weighted by Gasteiger charge is 2.27. The number of carbonyl (C=O) groups excluding carboxylic acids is 1. The second-order valence-corrected chi connectivity index (χ2v) is 4.75. The smallest absolute Gasteiger partial charge is 0.255 e. The van der Waals surface area contributed by atoms with Crippen molar-refractivity contribution in [1.82, 2.24) is 9.80 Å². The van der Waals surface area contributed by atoms with Gasteiger partial charge in [-0.3, -0.25) is 9.69 Å². The molecule has 2 saturated heterocycles. The van der Waals surface area contributed by atoms with E-state index >= 15 is 0 Å². The number of rotatable bonds is 1. The summed E-state index contributed by atoms with van der Waals surface area (Å²) >= 11 is 0. The predicted molar refractivity (Wildman–Crippen MR) is 80.9 cm³/mol. The fourth-order valence-corrected chi connectivity index (χ4v) is 1.93. The summed E-state index contributed by atoms with van der Waals surface area (Å²) in [6.45, 7) is 1.57. The molecule has 2 fully saturated rings. The van der Waals surface area contributed by atoms with Crippen molar-refractivity contribution in [2.24, 2.45) is 0 Å². The molecule has 2 rings (SSSR count). The largest absolute Gasteiger partial charge is 0.302 e. The van der Waals surface area contributed by atoms with Gasteiger partial charge < -0.3 is 4.90 Å². The van der Waals surface area contributed by atoms with Crippen LogP contribution in [0.1, 0.15) is 19.3 Å². The molecule has 0 radical (unpaired) electrons. The average Bonchev–Trinajstić information content (AvgIpc) is 3.02. The van der Waals surface area contributed by atoms with Crippen LogP contribution in [-0.4, -0.2) is 41.9 Å². The summed E-state index contributed by atoms with van der Waals surface area (Å²) in [5.41, 5.74) is 0. The van der Waals surface area contributed by atoms with E-state index in [9.17, 15) is 4.79 Å². The van der Waals surface area contributed by atoms with Crippen LogP contribution in [0.2, 0.25) is 0 Å². The summed E-state index contributed by atoms with van der Waals surface area (Å²) < 4.78 is 0. The Balaban J connectivity index is 1.69. The van der Waals surface area contributed by atoms with E-state index in [0.29, 0.717) is 12.6 Å². The van der Waals surface area contributed by atoms with Crippen LogP contribution in [0.5, 0.6) is 0 Å². The summed E-state index contributed by atoms with van der Waals surface area (Å²) in [4.78, 5) is 14.3. The van der Waals surface area contributed by atoms with Crippen LogP contribution >= 0.6 is 0 Å². The van der Waals surface area contributed by atoms with Gasteiger partial charge >= 0.3 is 0 Å². The Kier molecular flexibility index (Phi) is 5.39. The highest BCUT2D eigenvalue weighted by Crippen LogP contribution is 2.16.